The molecule has 0 aliphatic carbocycles. The van der Waals surface area contributed by atoms with Crippen LogP contribution in [0.15, 0.2) is 91.0 Å². The van der Waals surface area contributed by atoms with Crippen molar-refractivity contribution in [2.45, 2.75) is 24.9 Å². The molecule has 33 heavy (non-hydrogen) atoms. The maximum absolute atomic E-state index is 13.8. The summed E-state index contributed by atoms with van der Waals surface area (Å²) in [5.41, 5.74) is 3.45. The van der Waals surface area contributed by atoms with E-state index in [2.05, 4.69) is 29.2 Å². The Morgan fingerprint density at radius 1 is 0.818 bits per heavy atom. The van der Waals surface area contributed by atoms with Gasteiger partial charge in [-0.05, 0) is 23.1 Å². The first-order chi connectivity index (χ1) is 16.2. The average Bonchev–Trinajstić information content (AvgIpc) is 3.44. The van der Waals surface area contributed by atoms with Crippen LogP contribution in [-0.2, 0) is 22.5 Å². The van der Waals surface area contributed by atoms with Crippen molar-refractivity contribution in [3.05, 3.63) is 108 Å². The number of amides is 2. The maximum atomic E-state index is 13.8. The molecule has 2 unspecified atom stereocenters. The van der Waals surface area contributed by atoms with E-state index in [9.17, 15) is 9.59 Å². The molecule has 168 valence electrons. The second-order valence-corrected chi connectivity index (χ2v) is 8.93. The van der Waals surface area contributed by atoms with E-state index in [1.165, 1.54) is 10.5 Å². The Balaban J connectivity index is 1.39. The highest BCUT2D eigenvalue weighted by molar-refractivity contribution is 5.95. The first kappa shape index (κ1) is 21.4. The molecule has 0 aromatic heterocycles. The minimum atomic E-state index is -0.519. The molecule has 0 N–H and O–H groups in total. The van der Waals surface area contributed by atoms with E-state index in [1.807, 2.05) is 66.7 Å². The van der Waals surface area contributed by atoms with Gasteiger partial charge in [0.2, 0.25) is 5.91 Å². The highest BCUT2D eigenvalue weighted by Crippen LogP contribution is 2.36. The number of carbonyl (C=O) groups is 2. The fourth-order valence-corrected chi connectivity index (χ4v) is 5.09. The molecule has 0 spiro atoms. The molecule has 2 amide bonds. The molecule has 0 saturated carbocycles. The fourth-order valence-electron chi connectivity index (χ4n) is 5.09. The zero-order valence-electron chi connectivity index (χ0n) is 18.5. The Labute approximate surface area is 194 Å². The molecule has 0 bridgehead atoms. The number of likely N-dealkylation sites (tertiary alicyclic amines) is 1. The molecule has 5 rings (SSSR count). The second kappa shape index (κ2) is 9.59. The summed E-state index contributed by atoms with van der Waals surface area (Å²) in [6.45, 7) is 2.43. The van der Waals surface area contributed by atoms with E-state index in [0.29, 0.717) is 13.0 Å². The highest BCUT2D eigenvalue weighted by Gasteiger charge is 2.46. The topological polar surface area (TPSA) is 49.9 Å². The van der Waals surface area contributed by atoms with Crippen LogP contribution in [0.1, 0.15) is 22.6 Å². The smallest absolute Gasteiger partial charge is 0.416 e. The van der Waals surface area contributed by atoms with Crippen molar-refractivity contribution < 1.29 is 14.3 Å². The second-order valence-electron chi connectivity index (χ2n) is 8.93. The van der Waals surface area contributed by atoms with Crippen LogP contribution in [-0.4, -0.2) is 47.5 Å². The minimum absolute atomic E-state index is 0.0354. The summed E-state index contributed by atoms with van der Waals surface area (Å²) in [6, 6.07) is 30.2. The van der Waals surface area contributed by atoms with Gasteiger partial charge in [0.1, 0.15) is 6.61 Å². The molecule has 3 aromatic rings. The van der Waals surface area contributed by atoms with Gasteiger partial charge in [0.25, 0.3) is 0 Å². The van der Waals surface area contributed by atoms with E-state index in [4.69, 9.17) is 4.74 Å². The molecular formula is C28H28N2O3. The predicted molar refractivity (Wildman–Crippen MR) is 127 cm³/mol. The minimum Gasteiger partial charge on any atom is -0.447 e. The van der Waals surface area contributed by atoms with Gasteiger partial charge in [-0.1, -0.05) is 91.0 Å². The first-order valence-electron chi connectivity index (χ1n) is 11.5. The summed E-state index contributed by atoms with van der Waals surface area (Å²) >= 11 is 0. The molecule has 2 aliphatic heterocycles. The molecule has 5 heteroatoms. The van der Waals surface area contributed by atoms with Crippen molar-refractivity contribution in [1.82, 2.24) is 9.80 Å². The monoisotopic (exact) mass is 440 g/mol. The largest absolute Gasteiger partial charge is 0.447 e. The van der Waals surface area contributed by atoms with Gasteiger partial charge in [-0.2, -0.15) is 0 Å². The third-order valence-corrected chi connectivity index (χ3v) is 6.70. The van der Waals surface area contributed by atoms with Crippen LogP contribution < -0.4 is 0 Å². The lowest BCUT2D eigenvalue weighted by Crippen LogP contribution is -2.45. The molecule has 2 heterocycles. The number of rotatable bonds is 6. The summed E-state index contributed by atoms with van der Waals surface area (Å²) in [6.07, 6.45) is 0.0867. The molecule has 2 aliphatic rings. The van der Waals surface area contributed by atoms with Crippen LogP contribution in [0.3, 0.4) is 0 Å². The lowest BCUT2D eigenvalue weighted by atomic mass is 9.87. The SMILES string of the molecule is O=C1OCC(Cc2ccccc2)N1C(=O)C1CN(Cc2ccccc2)C[C@H]1c1ccccc1. The van der Waals surface area contributed by atoms with Crippen molar-refractivity contribution in [2.75, 3.05) is 19.7 Å². The third-order valence-electron chi connectivity index (χ3n) is 6.70. The van der Waals surface area contributed by atoms with Gasteiger partial charge >= 0.3 is 6.09 Å². The van der Waals surface area contributed by atoms with Crippen molar-refractivity contribution in [2.24, 2.45) is 5.92 Å². The zero-order valence-corrected chi connectivity index (χ0v) is 18.5. The van der Waals surface area contributed by atoms with Gasteiger partial charge in [-0.15, -0.1) is 0 Å². The van der Waals surface area contributed by atoms with Crippen LogP contribution in [0, 0.1) is 5.92 Å². The third kappa shape index (κ3) is 4.69. The maximum Gasteiger partial charge on any atom is 0.416 e. The number of ether oxygens (including phenoxy) is 1. The Morgan fingerprint density at radius 3 is 2.09 bits per heavy atom. The van der Waals surface area contributed by atoms with E-state index < -0.39 is 6.09 Å². The summed E-state index contributed by atoms with van der Waals surface area (Å²) in [4.78, 5) is 30.2. The highest BCUT2D eigenvalue weighted by atomic mass is 16.6. The molecule has 2 fully saturated rings. The Kier molecular flexibility index (Phi) is 6.22. The number of benzene rings is 3. The predicted octanol–water partition coefficient (Wildman–Crippen LogP) is 4.49. The van der Waals surface area contributed by atoms with Gasteiger partial charge in [-0.3, -0.25) is 9.69 Å². The normalized spacial score (nSPS) is 23.0. The quantitative estimate of drug-likeness (QED) is 0.567. The molecule has 0 radical (unpaired) electrons. The molecule has 5 nitrogen and oxygen atoms in total. The average molecular weight is 441 g/mol. The Morgan fingerprint density at radius 2 is 1.42 bits per heavy atom. The van der Waals surface area contributed by atoms with E-state index in [-0.39, 0.29) is 30.4 Å². The first-order valence-corrected chi connectivity index (χ1v) is 11.5. The fraction of sp³-hybridized carbons (Fsp3) is 0.286. The lowest BCUT2D eigenvalue weighted by molar-refractivity contribution is -0.133. The van der Waals surface area contributed by atoms with E-state index in [1.54, 1.807) is 0 Å². The van der Waals surface area contributed by atoms with E-state index in [0.717, 1.165) is 24.2 Å². The molecule has 2 saturated heterocycles. The van der Waals surface area contributed by atoms with Crippen molar-refractivity contribution in [3.63, 3.8) is 0 Å². The molecule has 3 atom stereocenters. The summed E-state index contributed by atoms with van der Waals surface area (Å²) < 4.78 is 5.35. The van der Waals surface area contributed by atoms with Crippen LogP contribution >= 0.6 is 0 Å². The number of carbonyl (C=O) groups excluding carboxylic acids is 2. The number of hydrogen-bond donors (Lipinski definition) is 0. The standard InChI is InChI=1S/C28H28N2O3/c31-27(30-24(20-33-28(30)32)16-21-10-4-1-5-11-21)26-19-29(17-22-12-6-2-7-13-22)18-25(26)23-14-8-3-9-15-23/h1-15,24-26H,16-20H2/t24?,25-,26?/m0/s1. The summed E-state index contributed by atoms with van der Waals surface area (Å²) in [5.74, 6) is -0.379. The van der Waals surface area contributed by atoms with Crippen molar-refractivity contribution in [1.29, 1.82) is 0 Å². The van der Waals surface area contributed by atoms with Crippen LogP contribution in [0.5, 0.6) is 0 Å². The molecule has 3 aromatic carbocycles. The van der Waals surface area contributed by atoms with Gasteiger partial charge in [0, 0.05) is 25.6 Å². The van der Waals surface area contributed by atoms with E-state index >= 15 is 0 Å². The number of nitrogens with zero attached hydrogens (tertiary/aromatic N) is 2. The van der Waals surface area contributed by atoms with Crippen molar-refractivity contribution in [3.8, 4) is 0 Å². The number of hydrogen-bond acceptors (Lipinski definition) is 4. The summed E-state index contributed by atoms with van der Waals surface area (Å²) in [7, 11) is 0. The zero-order chi connectivity index (χ0) is 22.6. The van der Waals surface area contributed by atoms with Crippen LogP contribution in [0.25, 0.3) is 0 Å². The van der Waals surface area contributed by atoms with Gasteiger partial charge in [0.15, 0.2) is 0 Å². The van der Waals surface area contributed by atoms with Crippen LogP contribution in [0.4, 0.5) is 4.79 Å². The van der Waals surface area contributed by atoms with Gasteiger partial charge in [0.05, 0.1) is 12.0 Å². The van der Waals surface area contributed by atoms with Gasteiger partial charge in [-0.25, -0.2) is 9.69 Å². The number of cyclic esters (lactones) is 1. The molecular weight excluding hydrogens is 412 g/mol. The summed E-state index contributed by atoms with van der Waals surface area (Å²) in [5, 5.41) is 0. The Bertz CT molecular complexity index is 1090. The van der Waals surface area contributed by atoms with Gasteiger partial charge < -0.3 is 4.74 Å². The van der Waals surface area contributed by atoms with Crippen LogP contribution in [0.2, 0.25) is 0 Å². The van der Waals surface area contributed by atoms with Crippen molar-refractivity contribution >= 4 is 12.0 Å². The Hall–Kier alpha value is -3.44. The number of imide groups is 1. The lowest BCUT2D eigenvalue weighted by Gasteiger charge is -2.26.